The van der Waals surface area contributed by atoms with Crippen LogP contribution in [0.1, 0.15) is 15.9 Å². The summed E-state index contributed by atoms with van der Waals surface area (Å²) in [5.74, 6) is -0.697. The lowest BCUT2D eigenvalue weighted by atomic mass is 10.2. The maximum atomic E-state index is 12.8. The van der Waals surface area contributed by atoms with Gasteiger partial charge in [0, 0.05) is 5.56 Å². The zero-order valence-electron chi connectivity index (χ0n) is 10.2. The van der Waals surface area contributed by atoms with Crippen molar-refractivity contribution in [2.24, 2.45) is 5.73 Å². The van der Waals surface area contributed by atoms with E-state index in [1.165, 1.54) is 24.3 Å². The van der Waals surface area contributed by atoms with Gasteiger partial charge in [0.2, 0.25) is 5.91 Å². The molecule has 0 aromatic heterocycles. The van der Waals surface area contributed by atoms with Crippen molar-refractivity contribution in [3.63, 3.8) is 0 Å². The van der Waals surface area contributed by atoms with Crippen molar-refractivity contribution >= 4 is 29.1 Å². The highest BCUT2D eigenvalue weighted by atomic mass is 35.5. The summed E-state index contributed by atoms with van der Waals surface area (Å²) >= 11 is 12.0. The molecular weight excluding hydrogens is 304 g/mol. The number of hydrogen-bond acceptors (Lipinski definition) is 2. The van der Waals surface area contributed by atoms with E-state index in [1.54, 1.807) is 12.1 Å². The Kier molecular flexibility index (Phi) is 4.47. The van der Waals surface area contributed by atoms with Gasteiger partial charge in [-0.2, -0.15) is 0 Å². The van der Waals surface area contributed by atoms with Gasteiger partial charge < -0.3 is 10.5 Å². The van der Waals surface area contributed by atoms with E-state index >= 15 is 0 Å². The van der Waals surface area contributed by atoms with Crippen LogP contribution in [0.4, 0.5) is 4.39 Å². The molecule has 2 aromatic rings. The minimum Gasteiger partial charge on any atom is -0.486 e. The zero-order chi connectivity index (χ0) is 14.7. The Morgan fingerprint density at radius 1 is 1.15 bits per heavy atom. The molecule has 0 unspecified atom stereocenters. The van der Waals surface area contributed by atoms with Crippen LogP contribution < -0.4 is 10.5 Å². The number of nitrogens with two attached hydrogens (primary N) is 1. The molecule has 6 heteroatoms. The average molecular weight is 314 g/mol. The first-order valence-corrected chi connectivity index (χ1v) is 6.39. The Bertz CT molecular complexity index is 621. The predicted molar refractivity (Wildman–Crippen MR) is 75.7 cm³/mol. The monoisotopic (exact) mass is 313 g/mol. The number of hydrogen-bond donors (Lipinski definition) is 1. The molecule has 104 valence electrons. The van der Waals surface area contributed by atoms with Gasteiger partial charge >= 0.3 is 0 Å². The van der Waals surface area contributed by atoms with E-state index in [9.17, 15) is 9.18 Å². The van der Waals surface area contributed by atoms with Gasteiger partial charge in [-0.25, -0.2) is 4.39 Å². The molecule has 3 nitrogen and oxygen atoms in total. The summed E-state index contributed by atoms with van der Waals surface area (Å²) in [6.45, 7) is 0.176. The van der Waals surface area contributed by atoms with Crippen molar-refractivity contribution in [2.45, 2.75) is 6.61 Å². The van der Waals surface area contributed by atoms with Crippen LogP contribution in [0.15, 0.2) is 36.4 Å². The molecule has 1 amide bonds. The fourth-order valence-corrected chi connectivity index (χ4v) is 2.17. The van der Waals surface area contributed by atoms with Crippen LogP contribution in [0, 0.1) is 5.82 Å². The number of primary amides is 1. The predicted octanol–water partition coefficient (Wildman–Crippen LogP) is 3.81. The van der Waals surface area contributed by atoms with E-state index < -0.39 is 5.91 Å². The number of carbonyl (C=O) groups excluding carboxylic acids is 1. The molecule has 0 saturated carbocycles. The van der Waals surface area contributed by atoms with Crippen LogP contribution in [0.25, 0.3) is 0 Å². The normalized spacial score (nSPS) is 10.3. The van der Waals surface area contributed by atoms with Crippen molar-refractivity contribution in [3.05, 3.63) is 63.4 Å². The van der Waals surface area contributed by atoms with Gasteiger partial charge in [-0.15, -0.1) is 0 Å². The fourth-order valence-electron chi connectivity index (χ4n) is 1.58. The lowest BCUT2D eigenvalue weighted by molar-refractivity contribution is 0.1000. The molecule has 0 spiro atoms. The summed E-state index contributed by atoms with van der Waals surface area (Å²) in [6, 6.07) is 8.62. The molecule has 2 N–H and O–H groups in total. The first-order chi connectivity index (χ1) is 9.47. The summed E-state index contributed by atoms with van der Waals surface area (Å²) in [4.78, 5) is 11.1. The van der Waals surface area contributed by atoms with Gasteiger partial charge in [0.15, 0.2) is 5.75 Å². The Balaban J connectivity index is 2.17. The first kappa shape index (κ1) is 14.6. The van der Waals surface area contributed by atoms with Crippen LogP contribution in [0.2, 0.25) is 10.0 Å². The molecule has 0 aliphatic rings. The summed E-state index contributed by atoms with van der Waals surface area (Å²) in [6.07, 6.45) is 0. The molecule has 2 aromatic carbocycles. The molecule has 0 heterocycles. The fraction of sp³-hybridized carbons (Fsp3) is 0.0714. The van der Waals surface area contributed by atoms with Crippen molar-refractivity contribution in [1.29, 1.82) is 0 Å². The van der Waals surface area contributed by atoms with Gasteiger partial charge in [-0.1, -0.05) is 35.3 Å². The van der Waals surface area contributed by atoms with Gasteiger partial charge in [0.05, 0.1) is 10.0 Å². The van der Waals surface area contributed by atoms with Crippen LogP contribution in [0.3, 0.4) is 0 Å². The van der Waals surface area contributed by atoms with Crippen LogP contribution in [-0.2, 0) is 6.61 Å². The molecule has 0 atom stereocenters. The number of halogens is 3. The van der Waals surface area contributed by atoms with Crippen molar-refractivity contribution in [3.8, 4) is 5.75 Å². The van der Waals surface area contributed by atoms with E-state index in [2.05, 4.69) is 0 Å². The van der Waals surface area contributed by atoms with Crippen LogP contribution in [-0.4, -0.2) is 5.91 Å². The summed E-state index contributed by atoms with van der Waals surface area (Å²) in [5, 5.41) is 0.377. The van der Waals surface area contributed by atoms with Gasteiger partial charge in [-0.05, 0) is 29.8 Å². The van der Waals surface area contributed by atoms with Gasteiger partial charge in [-0.3, -0.25) is 4.79 Å². The molecule has 0 bridgehead atoms. The summed E-state index contributed by atoms with van der Waals surface area (Å²) < 4.78 is 18.3. The third kappa shape index (κ3) is 3.40. The second kappa shape index (κ2) is 6.11. The second-order valence-corrected chi connectivity index (χ2v) is 4.86. The largest absolute Gasteiger partial charge is 0.486 e. The van der Waals surface area contributed by atoms with E-state index in [0.29, 0.717) is 0 Å². The summed E-state index contributed by atoms with van der Waals surface area (Å²) in [5.41, 5.74) is 6.11. The van der Waals surface area contributed by atoms with Gasteiger partial charge in [0.1, 0.15) is 12.4 Å². The Morgan fingerprint density at radius 3 is 2.20 bits per heavy atom. The summed E-state index contributed by atoms with van der Waals surface area (Å²) in [7, 11) is 0. The molecule has 0 fully saturated rings. The SMILES string of the molecule is NC(=O)c1cc(Cl)c(OCc2ccc(F)cc2)c(Cl)c1. The van der Waals surface area contributed by atoms with E-state index in [0.717, 1.165) is 5.56 Å². The number of ether oxygens (including phenoxy) is 1. The lowest BCUT2D eigenvalue weighted by Crippen LogP contribution is -2.11. The second-order valence-electron chi connectivity index (χ2n) is 4.05. The quantitative estimate of drug-likeness (QED) is 0.933. The van der Waals surface area contributed by atoms with E-state index in [1.807, 2.05) is 0 Å². The van der Waals surface area contributed by atoms with E-state index in [-0.39, 0.29) is 33.8 Å². The van der Waals surface area contributed by atoms with Crippen molar-refractivity contribution < 1.29 is 13.9 Å². The van der Waals surface area contributed by atoms with Gasteiger partial charge in [0.25, 0.3) is 0 Å². The number of benzene rings is 2. The highest BCUT2D eigenvalue weighted by molar-refractivity contribution is 6.37. The average Bonchev–Trinajstić information content (AvgIpc) is 2.39. The molecule has 2 rings (SSSR count). The Hall–Kier alpha value is -1.78. The highest BCUT2D eigenvalue weighted by Gasteiger charge is 2.12. The highest BCUT2D eigenvalue weighted by Crippen LogP contribution is 2.34. The molecule has 0 saturated heterocycles. The Morgan fingerprint density at radius 2 is 1.70 bits per heavy atom. The number of amides is 1. The molecule has 0 radical (unpaired) electrons. The number of rotatable bonds is 4. The third-order valence-electron chi connectivity index (χ3n) is 2.58. The maximum Gasteiger partial charge on any atom is 0.248 e. The first-order valence-electron chi connectivity index (χ1n) is 5.63. The molecule has 0 aliphatic heterocycles. The van der Waals surface area contributed by atoms with Crippen LogP contribution >= 0.6 is 23.2 Å². The zero-order valence-corrected chi connectivity index (χ0v) is 11.7. The molecule has 20 heavy (non-hydrogen) atoms. The topological polar surface area (TPSA) is 52.3 Å². The maximum absolute atomic E-state index is 12.8. The van der Waals surface area contributed by atoms with Crippen molar-refractivity contribution in [2.75, 3.05) is 0 Å². The van der Waals surface area contributed by atoms with Crippen molar-refractivity contribution in [1.82, 2.24) is 0 Å². The Labute approximate surface area is 125 Å². The minimum atomic E-state index is -0.626. The standard InChI is InChI=1S/C14H10Cl2FNO2/c15-11-5-9(14(18)19)6-12(16)13(11)20-7-8-1-3-10(17)4-2-8/h1-6H,7H2,(H2,18,19). The third-order valence-corrected chi connectivity index (χ3v) is 3.14. The lowest BCUT2D eigenvalue weighted by Gasteiger charge is -2.11. The smallest absolute Gasteiger partial charge is 0.248 e. The molecular formula is C14H10Cl2FNO2. The molecule has 0 aliphatic carbocycles. The number of carbonyl (C=O) groups is 1. The van der Waals surface area contributed by atoms with Crippen LogP contribution in [0.5, 0.6) is 5.75 Å². The minimum absolute atomic E-state index is 0.176. The van der Waals surface area contributed by atoms with E-state index in [4.69, 9.17) is 33.7 Å².